The van der Waals surface area contributed by atoms with Crippen molar-refractivity contribution >= 4 is 11.9 Å². The number of hydrogen-bond donors (Lipinski definition) is 5. The Balaban J connectivity index is 2.26. The average Bonchev–Trinajstić information content (AvgIpc) is 2.67. The summed E-state index contributed by atoms with van der Waals surface area (Å²) in [7, 11) is 1.15. The molecule has 2 heterocycles. The molecule has 0 radical (unpaired) electrons. The molecule has 0 bridgehead atoms. The van der Waals surface area contributed by atoms with E-state index in [0.29, 0.717) is 0 Å². The molecule has 0 aliphatic carbocycles. The Morgan fingerprint density at radius 2 is 1.89 bits per heavy atom. The number of hydrogen-bond acceptors (Lipinski definition) is 10. The number of carboxylic acids is 1. The standard InChI is InChI=1S/C17H24O11/c1-3-7-8(4-11(19)20)9(15(24)25-2)6-26-16(7)28-17-14(23)13(22)12(21)10(5-18)27-17/h3,6,8,10,12-14,16-18,21-23H,4-5H2,1-2H3,(H,19,20)/b7-3+/t8?,10-,12-,13+,14-,16?,17+/m1/s1. The van der Waals surface area contributed by atoms with Crippen LogP contribution in [0.15, 0.2) is 23.5 Å². The van der Waals surface area contributed by atoms with Crippen molar-refractivity contribution in [2.75, 3.05) is 13.7 Å². The molecule has 7 atom stereocenters. The fraction of sp³-hybridized carbons (Fsp3) is 0.647. The zero-order valence-corrected chi connectivity index (χ0v) is 15.3. The molecule has 1 fully saturated rings. The van der Waals surface area contributed by atoms with E-state index >= 15 is 0 Å². The molecule has 1 saturated heterocycles. The molecule has 11 nitrogen and oxygen atoms in total. The smallest absolute Gasteiger partial charge is 0.337 e. The number of allylic oxidation sites excluding steroid dienone is 1. The summed E-state index contributed by atoms with van der Waals surface area (Å²) in [5.41, 5.74) is 0.244. The number of esters is 1. The zero-order valence-electron chi connectivity index (χ0n) is 15.3. The first kappa shape index (κ1) is 22.3. The number of carbonyl (C=O) groups is 2. The van der Waals surface area contributed by atoms with Crippen LogP contribution >= 0.6 is 0 Å². The second-order valence-corrected chi connectivity index (χ2v) is 6.31. The first-order valence-electron chi connectivity index (χ1n) is 8.52. The summed E-state index contributed by atoms with van der Waals surface area (Å²) in [5.74, 6) is -2.86. The second-order valence-electron chi connectivity index (χ2n) is 6.31. The van der Waals surface area contributed by atoms with Gasteiger partial charge in [0.25, 0.3) is 0 Å². The van der Waals surface area contributed by atoms with Gasteiger partial charge in [-0.05, 0) is 6.92 Å². The summed E-state index contributed by atoms with van der Waals surface area (Å²) in [6.07, 6.45) is -6.72. The number of ether oxygens (including phenoxy) is 4. The van der Waals surface area contributed by atoms with Crippen molar-refractivity contribution in [1.29, 1.82) is 0 Å². The third-order valence-corrected chi connectivity index (χ3v) is 4.61. The van der Waals surface area contributed by atoms with E-state index in [1.807, 2.05) is 0 Å². The number of rotatable bonds is 6. The van der Waals surface area contributed by atoms with Gasteiger partial charge >= 0.3 is 11.9 Å². The van der Waals surface area contributed by atoms with Gasteiger partial charge in [0, 0.05) is 11.5 Å². The summed E-state index contributed by atoms with van der Waals surface area (Å²) < 4.78 is 20.8. The summed E-state index contributed by atoms with van der Waals surface area (Å²) in [4.78, 5) is 23.2. The van der Waals surface area contributed by atoms with Crippen molar-refractivity contribution in [1.82, 2.24) is 0 Å². The van der Waals surface area contributed by atoms with E-state index in [0.717, 1.165) is 13.4 Å². The molecule has 5 N–H and O–H groups in total. The van der Waals surface area contributed by atoms with Crippen molar-refractivity contribution in [2.45, 2.75) is 50.3 Å². The third kappa shape index (κ3) is 4.51. The highest BCUT2D eigenvalue weighted by Crippen LogP contribution is 2.35. The lowest BCUT2D eigenvalue weighted by Gasteiger charge is -2.41. The van der Waals surface area contributed by atoms with Crippen LogP contribution in [0.4, 0.5) is 0 Å². The van der Waals surface area contributed by atoms with E-state index in [9.17, 15) is 35.1 Å². The van der Waals surface area contributed by atoms with Crippen LogP contribution in [-0.2, 0) is 28.5 Å². The monoisotopic (exact) mass is 404 g/mol. The SMILES string of the molecule is C/C=C1/C(O[C@@H]2O[C@H](CO)[C@@H](O)[C@H](O)[C@H]2O)OC=C(C(=O)OC)C1CC(=O)O. The Labute approximate surface area is 160 Å². The van der Waals surface area contributed by atoms with Gasteiger partial charge in [-0.3, -0.25) is 4.79 Å². The molecule has 158 valence electrons. The minimum absolute atomic E-state index is 0.0216. The minimum Gasteiger partial charge on any atom is -0.481 e. The van der Waals surface area contributed by atoms with Crippen LogP contribution in [-0.4, -0.2) is 88.2 Å². The molecule has 28 heavy (non-hydrogen) atoms. The Kier molecular flexibility index (Phi) is 7.52. The maximum absolute atomic E-state index is 11.9. The fourth-order valence-electron chi connectivity index (χ4n) is 3.10. The van der Waals surface area contributed by atoms with Crippen molar-refractivity contribution < 1.29 is 54.1 Å². The van der Waals surface area contributed by atoms with E-state index in [4.69, 9.17) is 14.2 Å². The first-order chi connectivity index (χ1) is 13.2. The summed E-state index contributed by atoms with van der Waals surface area (Å²) >= 11 is 0. The molecule has 0 aromatic rings. The van der Waals surface area contributed by atoms with Crippen molar-refractivity contribution in [3.05, 3.63) is 23.5 Å². The number of carboxylic acid groups (broad SMARTS) is 1. The summed E-state index contributed by atoms with van der Waals surface area (Å²) in [6, 6.07) is 0. The predicted molar refractivity (Wildman–Crippen MR) is 89.3 cm³/mol. The van der Waals surface area contributed by atoms with Gasteiger partial charge in [-0.2, -0.15) is 0 Å². The average molecular weight is 404 g/mol. The van der Waals surface area contributed by atoms with Gasteiger partial charge in [-0.25, -0.2) is 4.79 Å². The molecular weight excluding hydrogens is 380 g/mol. The highest BCUT2D eigenvalue weighted by atomic mass is 16.8. The molecule has 0 aromatic heterocycles. The van der Waals surface area contributed by atoms with E-state index in [2.05, 4.69) is 4.74 Å². The van der Waals surface area contributed by atoms with Crippen molar-refractivity contribution in [2.24, 2.45) is 5.92 Å². The molecule has 0 spiro atoms. The maximum atomic E-state index is 11.9. The Hall–Kier alpha value is -2.02. The van der Waals surface area contributed by atoms with Crippen LogP contribution in [0.25, 0.3) is 0 Å². The molecule has 2 unspecified atom stereocenters. The second kappa shape index (κ2) is 9.45. The molecule has 0 saturated carbocycles. The quantitative estimate of drug-likeness (QED) is 0.251. The van der Waals surface area contributed by atoms with Crippen LogP contribution in [0.2, 0.25) is 0 Å². The van der Waals surface area contributed by atoms with Gasteiger partial charge in [0.15, 0.2) is 6.29 Å². The molecule has 11 heteroatoms. The van der Waals surface area contributed by atoms with Crippen LogP contribution in [0.1, 0.15) is 13.3 Å². The van der Waals surface area contributed by atoms with Crippen molar-refractivity contribution in [3.8, 4) is 0 Å². The third-order valence-electron chi connectivity index (χ3n) is 4.61. The molecule has 2 rings (SSSR count). The lowest BCUT2D eigenvalue weighted by molar-refractivity contribution is -0.327. The van der Waals surface area contributed by atoms with Crippen LogP contribution in [0, 0.1) is 5.92 Å². The maximum Gasteiger partial charge on any atom is 0.337 e. The zero-order chi connectivity index (χ0) is 21.0. The number of aliphatic hydroxyl groups is 4. The van der Waals surface area contributed by atoms with Crippen molar-refractivity contribution in [3.63, 3.8) is 0 Å². The molecule has 2 aliphatic heterocycles. The van der Waals surface area contributed by atoms with E-state index < -0.39 is 67.9 Å². The highest BCUT2D eigenvalue weighted by Gasteiger charge is 2.46. The lowest BCUT2D eigenvalue weighted by Crippen LogP contribution is -2.60. The van der Waals surface area contributed by atoms with Crippen LogP contribution in [0.3, 0.4) is 0 Å². The first-order valence-corrected chi connectivity index (χ1v) is 8.52. The van der Waals surface area contributed by atoms with Gasteiger partial charge in [-0.15, -0.1) is 0 Å². The van der Waals surface area contributed by atoms with Gasteiger partial charge in [-0.1, -0.05) is 6.08 Å². The molecule has 0 aromatic carbocycles. The van der Waals surface area contributed by atoms with Gasteiger partial charge < -0.3 is 44.5 Å². The molecular formula is C17H24O11. The predicted octanol–water partition coefficient (Wildman–Crippen LogP) is -1.75. The van der Waals surface area contributed by atoms with E-state index in [-0.39, 0.29) is 11.1 Å². The summed E-state index contributed by atoms with van der Waals surface area (Å²) in [5, 5.41) is 48.2. The highest BCUT2D eigenvalue weighted by molar-refractivity contribution is 5.90. The van der Waals surface area contributed by atoms with Gasteiger partial charge in [0.1, 0.15) is 24.4 Å². The van der Waals surface area contributed by atoms with Crippen LogP contribution < -0.4 is 0 Å². The van der Waals surface area contributed by atoms with Crippen LogP contribution in [0.5, 0.6) is 0 Å². The molecule has 2 aliphatic rings. The lowest BCUT2D eigenvalue weighted by atomic mass is 9.86. The van der Waals surface area contributed by atoms with Gasteiger partial charge in [0.05, 0.1) is 32.0 Å². The minimum atomic E-state index is -1.66. The normalized spacial score (nSPS) is 37.1. The fourth-order valence-corrected chi connectivity index (χ4v) is 3.10. The number of carbonyl (C=O) groups excluding carboxylic acids is 1. The van der Waals surface area contributed by atoms with E-state index in [1.54, 1.807) is 6.92 Å². The summed E-state index contributed by atoms with van der Waals surface area (Å²) in [6.45, 7) is 0.943. The Bertz CT molecular complexity index is 641. The van der Waals surface area contributed by atoms with E-state index in [1.165, 1.54) is 6.08 Å². The Morgan fingerprint density at radius 3 is 2.43 bits per heavy atom. The molecule has 0 amide bonds. The number of aliphatic hydroxyl groups excluding tert-OH is 4. The Morgan fingerprint density at radius 1 is 1.21 bits per heavy atom. The largest absolute Gasteiger partial charge is 0.481 e. The number of aliphatic carboxylic acids is 1. The number of methoxy groups -OCH3 is 1. The van der Waals surface area contributed by atoms with Gasteiger partial charge in [0.2, 0.25) is 6.29 Å². The topological polar surface area (TPSA) is 172 Å².